The van der Waals surface area contributed by atoms with Crippen molar-refractivity contribution in [2.24, 2.45) is 0 Å². The number of nitrogens with zero attached hydrogens (tertiary/aromatic N) is 1. The number of nitrogen functional groups attached to an aromatic ring is 1. The molecule has 3 N–H and O–H groups in total. The summed E-state index contributed by atoms with van der Waals surface area (Å²) >= 11 is 0. The molecule has 0 saturated carbocycles. The second kappa shape index (κ2) is 4.37. The SMILES string of the molecule is CC1CS(=O)(=O)CCN1c1cc2c(cc1N)CC(=O)N2. The Balaban J connectivity index is 1.95. The molecule has 2 heterocycles. The molecule has 1 saturated heterocycles. The highest BCUT2D eigenvalue weighted by atomic mass is 32.2. The van der Waals surface area contributed by atoms with Crippen LogP contribution in [0.1, 0.15) is 12.5 Å². The van der Waals surface area contributed by atoms with Crippen LogP contribution in [0.25, 0.3) is 0 Å². The van der Waals surface area contributed by atoms with Crippen LogP contribution < -0.4 is 16.0 Å². The summed E-state index contributed by atoms with van der Waals surface area (Å²) < 4.78 is 23.3. The standard InChI is InChI=1S/C13H17N3O3S/c1-8-7-20(18,19)3-2-16(8)12-6-11-9(4-10(12)14)5-13(17)15-11/h4,6,8H,2-3,5,7,14H2,1H3,(H,15,17). The van der Waals surface area contributed by atoms with Crippen LogP contribution in [0.15, 0.2) is 12.1 Å². The largest absolute Gasteiger partial charge is 0.397 e. The predicted octanol–water partition coefficient (Wildman–Crippen LogP) is 0.387. The van der Waals surface area contributed by atoms with Gasteiger partial charge in [-0.05, 0) is 24.6 Å². The number of fused-ring (bicyclic) bond motifs is 1. The van der Waals surface area contributed by atoms with Crippen molar-refractivity contribution in [3.05, 3.63) is 17.7 Å². The minimum atomic E-state index is -2.96. The lowest BCUT2D eigenvalue weighted by Gasteiger charge is -2.36. The van der Waals surface area contributed by atoms with E-state index in [1.165, 1.54) is 0 Å². The molecule has 1 aromatic carbocycles. The summed E-state index contributed by atoms with van der Waals surface area (Å²) in [6.07, 6.45) is 0.351. The van der Waals surface area contributed by atoms with Crippen molar-refractivity contribution >= 4 is 32.8 Å². The highest BCUT2D eigenvalue weighted by molar-refractivity contribution is 7.91. The molecule has 1 fully saturated rings. The second-order valence-electron chi connectivity index (χ2n) is 5.45. The number of anilines is 3. The van der Waals surface area contributed by atoms with Crippen molar-refractivity contribution < 1.29 is 13.2 Å². The molecule has 1 amide bonds. The monoisotopic (exact) mass is 295 g/mol. The highest BCUT2D eigenvalue weighted by Gasteiger charge is 2.30. The van der Waals surface area contributed by atoms with Gasteiger partial charge in [-0.3, -0.25) is 4.79 Å². The smallest absolute Gasteiger partial charge is 0.228 e. The van der Waals surface area contributed by atoms with E-state index < -0.39 is 9.84 Å². The number of carbonyl (C=O) groups is 1. The van der Waals surface area contributed by atoms with E-state index in [1.807, 2.05) is 17.9 Å². The Morgan fingerprint density at radius 3 is 2.85 bits per heavy atom. The fraction of sp³-hybridized carbons (Fsp3) is 0.462. The third-order valence-corrected chi connectivity index (χ3v) is 5.65. The molecule has 2 aliphatic rings. The van der Waals surface area contributed by atoms with E-state index in [2.05, 4.69) is 5.32 Å². The molecule has 0 aromatic heterocycles. The first-order valence-corrected chi connectivity index (χ1v) is 8.37. The summed E-state index contributed by atoms with van der Waals surface area (Å²) in [5.74, 6) is 0.238. The Morgan fingerprint density at radius 1 is 1.40 bits per heavy atom. The molecule has 3 rings (SSSR count). The Kier molecular flexibility index (Phi) is 2.89. The van der Waals surface area contributed by atoms with E-state index in [9.17, 15) is 13.2 Å². The molecule has 2 aliphatic heterocycles. The first-order valence-electron chi connectivity index (χ1n) is 6.55. The molecule has 108 valence electrons. The maximum Gasteiger partial charge on any atom is 0.228 e. The maximum absolute atomic E-state index is 11.6. The molecular weight excluding hydrogens is 278 g/mol. The third-order valence-electron chi connectivity index (χ3n) is 3.86. The van der Waals surface area contributed by atoms with Crippen LogP contribution in [0, 0.1) is 0 Å². The van der Waals surface area contributed by atoms with Gasteiger partial charge < -0.3 is 16.0 Å². The van der Waals surface area contributed by atoms with Gasteiger partial charge in [-0.15, -0.1) is 0 Å². The molecule has 6 nitrogen and oxygen atoms in total. The fourth-order valence-electron chi connectivity index (χ4n) is 2.89. The van der Waals surface area contributed by atoms with E-state index >= 15 is 0 Å². The minimum Gasteiger partial charge on any atom is -0.397 e. The van der Waals surface area contributed by atoms with Gasteiger partial charge >= 0.3 is 0 Å². The van der Waals surface area contributed by atoms with Crippen molar-refractivity contribution in [1.29, 1.82) is 0 Å². The van der Waals surface area contributed by atoms with E-state index in [-0.39, 0.29) is 23.5 Å². The van der Waals surface area contributed by atoms with Crippen molar-refractivity contribution in [3.8, 4) is 0 Å². The zero-order valence-corrected chi connectivity index (χ0v) is 12.0. The van der Waals surface area contributed by atoms with Crippen LogP contribution in [-0.2, 0) is 21.1 Å². The van der Waals surface area contributed by atoms with E-state index in [1.54, 1.807) is 6.07 Å². The fourth-order valence-corrected chi connectivity index (χ4v) is 4.44. The van der Waals surface area contributed by atoms with Gasteiger partial charge in [0.1, 0.15) is 0 Å². The number of rotatable bonds is 1. The van der Waals surface area contributed by atoms with E-state index in [0.29, 0.717) is 18.7 Å². The number of hydrogen-bond donors (Lipinski definition) is 2. The summed E-state index contributed by atoms with van der Waals surface area (Å²) in [5.41, 5.74) is 9.13. The minimum absolute atomic E-state index is 0.0363. The molecule has 0 aliphatic carbocycles. The van der Waals surface area contributed by atoms with Crippen molar-refractivity contribution in [1.82, 2.24) is 0 Å². The summed E-state index contributed by atoms with van der Waals surface area (Å²) in [7, 11) is -2.96. The topological polar surface area (TPSA) is 92.5 Å². The first kappa shape index (κ1) is 13.2. The number of hydrogen-bond acceptors (Lipinski definition) is 5. The maximum atomic E-state index is 11.6. The third kappa shape index (κ3) is 2.22. The quantitative estimate of drug-likeness (QED) is 0.731. The van der Waals surface area contributed by atoms with Crippen molar-refractivity contribution in [2.75, 3.05) is 34.0 Å². The van der Waals surface area contributed by atoms with Crippen molar-refractivity contribution in [2.45, 2.75) is 19.4 Å². The lowest BCUT2D eigenvalue weighted by atomic mass is 10.1. The van der Waals surface area contributed by atoms with Crippen LogP contribution in [0.3, 0.4) is 0 Å². The molecule has 7 heteroatoms. The summed E-state index contributed by atoms with van der Waals surface area (Å²) in [6, 6.07) is 3.54. The van der Waals surface area contributed by atoms with Crippen LogP contribution in [0.5, 0.6) is 0 Å². The van der Waals surface area contributed by atoms with Gasteiger partial charge in [0.25, 0.3) is 0 Å². The average molecular weight is 295 g/mol. The van der Waals surface area contributed by atoms with Crippen LogP contribution in [-0.4, -0.2) is 38.4 Å². The number of sulfone groups is 1. The number of benzene rings is 1. The van der Waals surface area contributed by atoms with Crippen LogP contribution in [0.2, 0.25) is 0 Å². The molecular formula is C13H17N3O3S. The van der Waals surface area contributed by atoms with E-state index in [0.717, 1.165) is 16.9 Å². The predicted molar refractivity (Wildman–Crippen MR) is 78.6 cm³/mol. The molecule has 1 atom stereocenters. The summed E-state index contributed by atoms with van der Waals surface area (Å²) in [5, 5.41) is 2.80. The van der Waals surface area contributed by atoms with Gasteiger partial charge in [-0.25, -0.2) is 8.42 Å². The Bertz CT molecular complexity index is 684. The normalized spacial score (nSPS) is 24.4. The molecule has 1 unspecified atom stereocenters. The van der Waals surface area contributed by atoms with Gasteiger partial charge in [0.15, 0.2) is 9.84 Å². The number of nitrogens with one attached hydrogen (secondary N) is 1. The summed E-state index contributed by atoms with van der Waals surface area (Å²) in [4.78, 5) is 13.4. The summed E-state index contributed by atoms with van der Waals surface area (Å²) in [6.45, 7) is 2.31. The molecule has 1 aromatic rings. The Morgan fingerprint density at radius 2 is 2.15 bits per heavy atom. The van der Waals surface area contributed by atoms with Gasteiger partial charge in [-0.2, -0.15) is 0 Å². The van der Waals surface area contributed by atoms with Gasteiger partial charge in [0.05, 0.1) is 29.3 Å². The van der Waals surface area contributed by atoms with Crippen LogP contribution in [0.4, 0.5) is 17.1 Å². The Labute approximate surface area is 117 Å². The molecule has 0 radical (unpaired) electrons. The number of amides is 1. The second-order valence-corrected chi connectivity index (χ2v) is 7.68. The first-order chi connectivity index (χ1) is 9.35. The average Bonchev–Trinajstić information content (AvgIpc) is 2.66. The lowest BCUT2D eigenvalue weighted by Crippen LogP contribution is -2.47. The van der Waals surface area contributed by atoms with E-state index in [4.69, 9.17) is 5.73 Å². The van der Waals surface area contributed by atoms with Gasteiger partial charge in [-0.1, -0.05) is 0 Å². The van der Waals surface area contributed by atoms with Crippen molar-refractivity contribution in [3.63, 3.8) is 0 Å². The highest BCUT2D eigenvalue weighted by Crippen LogP contribution is 2.35. The number of nitrogens with two attached hydrogens (primary N) is 1. The van der Waals surface area contributed by atoms with Crippen LogP contribution >= 0.6 is 0 Å². The zero-order chi connectivity index (χ0) is 14.5. The lowest BCUT2D eigenvalue weighted by molar-refractivity contribution is -0.115. The molecule has 0 bridgehead atoms. The molecule has 0 spiro atoms. The molecule has 20 heavy (non-hydrogen) atoms. The van der Waals surface area contributed by atoms with Gasteiger partial charge in [0, 0.05) is 18.3 Å². The van der Waals surface area contributed by atoms with Gasteiger partial charge in [0.2, 0.25) is 5.91 Å². The Hall–Kier alpha value is -1.76. The number of carbonyl (C=O) groups excluding carboxylic acids is 1. The zero-order valence-electron chi connectivity index (χ0n) is 11.2.